The summed E-state index contributed by atoms with van der Waals surface area (Å²) in [7, 11) is 0. The van der Waals surface area contributed by atoms with E-state index < -0.39 is 11.8 Å². The molecule has 146 valence electrons. The van der Waals surface area contributed by atoms with Crippen LogP contribution < -0.4 is 5.32 Å². The number of rotatable bonds is 3. The van der Waals surface area contributed by atoms with Crippen LogP contribution in [0.3, 0.4) is 0 Å². The molecule has 0 spiro atoms. The van der Waals surface area contributed by atoms with Gasteiger partial charge in [-0.3, -0.25) is 4.79 Å². The number of carbonyl (C=O) groups is 1. The second-order valence-electron chi connectivity index (χ2n) is 6.81. The molecule has 1 N–H and O–H groups in total. The smallest absolute Gasteiger partial charge is 0.337 e. The minimum atomic E-state index is -3.49. The maximum absolute atomic E-state index is 14.5. The van der Waals surface area contributed by atoms with Crippen LogP contribution in [-0.4, -0.2) is 45.2 Å². The topological polar surface area (TPSA) is 63.1 Å². The molecule has 0 aliphatic carbocycles. The quantitative estimate of drug-likeness (QED) is 0.863. The second kappa shape index (κ2) is 7.90. The molecule has 2 aliphatic heterocycles. The van der Waals surface area contributed by atoms with Gasteiger partial charge in [-0.2, -0.15) is 8.78 Å². The molecule has 0 bridgehead atoms. The number of aromatic nitrogens is 3. The Morgan fingerprint density at radius 3 is 2.52 bits per heavy atom. The highest BCUT2D eigenvalue weighted by Gasteiger charge is 2.44. The molecule has 1 aromatic carbocycles. The van der Waals surface area contributed by atoms with Crippen LogP contribution in [0.25, 0.3) is 0 Å². The Morgan fingerprint density at radius 1 is 1.11 bits per heavy atom. The van der Waals surface area contributed by atoms with Crippen LogP contribution in [0.4, 0.5) is 8.78 Å². The number of hydrogen-bond donors (Lipinski definition) is 1. The molecule has 1 amide bonds. The third kappa shape index (κ3) is 3.68. The summed E-state index contributed by atoms with van der Waals surface area (Å²) >= 11 is 0. The lowest BCUT2D eigenvalue weighted by Crippen LogP contribution is -2.45. The molecule has 4 rings (SSSR count). The number of hydrogen-bond acceptors (Lipinski definition) is 4. The van der Waals surface area contributed by atoms with E-state index in [4.69, 9.17) is 0 Å². The van der Waals surface area contributed by atoms with Gasteiger partial charge in [0.15, 0.2) is 0 Å². The zero-order valence-electron chi connectivity index (χ0n) is 14.8. The van der Waals surface area contributed by atoms with E-state index in [0.29, 0.717) is 32.5 Å². The molecule has 0 atom stereocenters. The lowest BCUT2D eigenvalue weighted by atomic mass is 9.95. The van der Waals surface area contributed by atoms with Crippen molar-refractivity contribution in [3.05, 3.63) is 47.5 Å². The first kappa shape index (κ1) is 19.7. The summed E-state index contributed by atoms with van der Waals surface area (Å²) in [6, 6.07) is 7.28. The molecule has 2 aromatic rings. The Morgan fingerprint density at radius 2 is 1.81 bits per heavy atom. The first-order valence-corrected chi connectivity index (χ1v) is 8.93. The van der Waals surface area contributed by atoms with E-state index >= 15 is 0 Å². The van der Waals surface area contributed by atoms with Crippen molar-refractivity contribution in [3.8, 4) is 0 Å². The molecule has 1 saturated heterocycles. The van der Waals surface area contributed by atoms with Crippen molar-refractivity contribution in [2.75, 3.05) is 19.6 Å². The molecule has 9 heteroatoms. The molecular formula is C18H22ClF2N5O. The standard InChI is InChI=1S/C18H21F2N5O.ClH/c19-18(20,14-4-2-1-3-5-14)17(26)24-9-6-13(7-10-24)16-23-22-15-12-21-8-11-25(15)16;/h1-5,13,21H,6-12H2;1H. The van der Waals surface area contributed by atoms with E-state index in [0.717, 1.165) is 24.7 Å². The van der Waals surface area contributed by atoms with Gasteiger partial charge in [-0.15, -0.1) is 22.6 Å². The Balaban J connectivity index is 0.00000210. The van der Waals surface area contributed by atoms with E-state index in [1.54, 1.807) is 6.07 Å². The molecule has 2 aliphatic rings. The van der Waals surface area contributed by atoms with Crippen molar-refractivity contribution in [3.63, 3.8) is 0 Å². The van der Waals surface area contributed by atoms with Gasteiger partial charge < -0.3 is 14.8 Å². The SMILES string of the molecule is Cl.O=C(N1CCC(c2nnc3n2CCNC3)CC1)C(F)(F)c1ccccc1. The normalized spacial score (nSPS) is 17.9. The van der Waals surface area contributed by atoms with Gasteiger partial charge in [0.2, 0.25) is 0 Å². The number of carbonyl (C=O) groups excluding carboxylic acids is 1. The average Bonchev–Trinajstić information content (AvgIpc) is 3.12. The second-order valence-corrected chi connectivity index (χ2v) is 6.81. The number of likely N-dealkylation sites (tertiary alicyclic amines) is 1. The maximum atomic E-state index is 14.5. The molecule has 27 heavy (non-hydrogen) atoms. The number of halogens is 3. The number of amides is 1. The number of alkyl halides is 2. The minimum Gasteiger partial charge on any atom is -0.337 e. The van der Waals surface area contributed by atoms with Crippen LogP contribution in [0, 0.1) is 0 Å². The molecule has 6 nitrogen and oxygen atoms in total. The number of nitrogens with one attached hydrogen (secondary N) is 1. The van der Waals surface area contributed by atoms with Crippen LogP contribution in [0.15, 0.2) is 30.3 Å². The third-order valence-corrected chi connectivity index (χ3v) is 5.20. The van der Waals surface area contributed by atoms with E-state index in [9.17, 15) is 13.6 Å². The lowest BCUT2D eigenvalue weighted by molar-refractivity contribution is -0.160. The van der Waals surface area contributed by atoms with Gasteiger partial charge in [0.25, 0.3) is 5.91 Å². The first-order chi connectivity index (χ1) is 12.6. The van der Waals surface area contributed by atoms with Gasteiger partial charge in [0.1, 0.15) is 11.6 Å². The van der Waals surface area contributed by atoms with Gasteiger partial charge in [-0.1, -0.05) is 30.3 Å². The summed E-state index contributed by atoms with van der Waals surface area (Å²) in [6.45, 7) is 3.02. The van der Waals surface area contributed by atoms with Crippen molar-refractivity contribution in [2.24, 2.45) is 0 Å². The summed E-state index contributed by atoms with van der Waals surface area (Å²) < 4.78 is 31.1. The average molecular weight is 398 g/mol. The van der Waals surface area contributed by atoms with Gasteiger partial charge in [0.05, 0.1) is 6.54 Å². The largest absolute Gasteiger partial charge is 0.349 e. The highest BCUT2D eigenvalue weighted by molar-refractivity contribution is 5.85. The van der Waals surface area contributed by atoms with E-state index in [2.05, 4.69) is 20.1 Å². The fourth-order valence-electron chi connectivity index (χ4n) is 3.73. The monoisotopic (exact) mass is 397 g/mol. The Labute approximate surface area is 162 Å². The summed E-state index contributed by atoms with van der Waals surface area (Å²) in [4.78, 5) is 13.7. The number of benzene rings is 1. The van der Waals surface area contributed by atoms with Crippen molar-refractivity contribution in [1.29, 1.82) is 0 Å². The number of nitrogens with zero attached hydrogens (tertiary/aromatic N) is 4. The zero-order chi connectivity index (χ0) is 18.1. The summed E-state index contributed by atoms with van der Waals surface area (Å²) in [6.07, 6.45) is 1.25. The predicted molar refractivity (Wildman–Crippen MR) is 97.9 cm³/mol. The minimum absolute atomic E-state index is 0. The van der Waals surface area contributed by atoms with Crippen molar-refractivity contribution in [1.82, 2.24) is 25.0 Å². The molecule has 0 radical (unpaired) electrons. The fraction of sp³-hybridized carbons (Fsp3) is 0.500. The van der Waals surface area contributed by atoms with Gasteiger partial charge in [-0.05, 0) is 12.8 Å². The van der Waals surface area contributed by atoms with E-state index in [-0.39, 0.29) is 23.9 Å². The summed E-state index contributed by atoms with van der Waals surface area (Å²) in [5.41, 5.74) is -0.258. The van der Waals surface area contributed by atoms with Crippen LogP contribution in [-0.2, 0) is 23.8 Å². The highest BCUT2D eigenvalue weighted by Crippen LogP contribution is 2.34. The summed E-state index contributed by atoms with van der Waals surface area (Å²) in [5.74, 6) is -2.62. The van der Waals surface area contributed by atoms with Crippen LogP contribution >= 0.6 is 12.4 Å². The number of fused-ring (bicyclic) bond motifs is 1. The highest BCUT2D eigenvalue weighted by atomic mass is 35.5. The van der Waals surface area contributed by atoms with Crippen LogP contribution in [0.5, 0.6) is 0 Å². The number of piperidine rings is 1. The molecule has 1 fully saturated rings. The van der Waals surface area contributed by atoms with Crippen molar-refractivity contribution < 1.29 is 13.6 Å². The van der Waals surface area contributed by atoms with Crippen molar-refractivity contribution in [2.45, 2.75) is 37.8 Å². The van der Waals surface area contributed by atoms with E-state index in [1.165, 1.54) is 29.2 Å². The fourth-order valence-corrected chi connectivity index (χ4v) is 3.73. The zero-order valence-corrected chi connectivity index (χ0v) is 15.6. The first-order valence-electron chi connectivity index (χ1n) is 8.93. The van der Waals surface area contributed by atoms with Gasteiger partial charge >= 0.3 is 5.92 Å². The van der Waals surface area contributed by atoms with Crippen LogP contribution in [0.1, 0.15) is 36.0 Å². The van der Waals surface area contributed by atoms with Gasteiger partial charge in [0, 0.05) is 37.7 Å². The Bertz CT molecular complexity index is 790. The van der Waals surface area contributed by atoms with Crippen LogP contribution in [0.2, 0.25) is 0 Å². The molecule has 0 saturated carbocycles. The Kier molecular flexibility index (Phi) is 5.76. The van der Waals surface area contributed by atoms with Gasteiger partial charge in [-0.25, -0.2) is 0 Å². The molecular weight excluding hydrogens is 376 g/mol. The molecule has 0 unspecified atom stereocenters. The summed E-state index contributed by atoms with van der Waals surface area (Å²) in [5, 5.41) is 11.8. The van der Waals surface area contributed by atoms with Crippen molar-refractivity contribution >= 4 is 18.3 Å². The Hall–Kier alpha value is -2.06. The predicted octanol–water partition coefficient (Wildman–Crippen LogP) is 2.30. The van der Waals surface area contributed by atoms with E-state index in [1.807, 2.05) is 0 Å². The maximum Gasteiger partial charge on any atom is 0.349 e. The molecule has 1 aromatic heterocycles. The lowest BCUT2D eigenvalue weighted by Gasteiger charge is -2.34. The molecule has 3 heterocycles. The third-order valence-electron chi connectivity index (χ3n) is 5.20.